The van der Waals surface area contributed by atoms with Crippen LogP contribution in [0, 0.1) is 5.82 Å². The standard InChI is InChI=1S/C11H11FN2O5/c1-6(15)13-14-9(16)5-19-8-4-2-3-7(12)10(8)11(17)18/h2-4H,5H2,1H3,(H,13,15)(H,14,16)(H,17,18). The number of carbonyl (C=O) groups is 3. The second kappa shape index (κ2) is 6.34. The molecule has 0 saturated carbocycles. The van der Waals surface area contributed by atoms with Gasteiger partial charge in [-0.05, 0) is 12.1 Å². The number of benzene rings is 1. The smallest absolute Gasteiger partial charge is 0.342 e. The molecular weight excluding hydrogens is 259 g/mol. The fourth-order valence-corrected chi connectivity index (χ4v) is 1.17. The Hall–Kier alpha value is -2.64. The average molecular weight is 270 g/mol. The average Bonchev–Trinajstić information content (AvgIpc) is 2.33. The van der Waals surface area contributed by atoms with E-state index in [1.165, 1.54) is 19.1 Å². The highest BCUT2D eigenvalue weighted by Crippen LogP contribution is 2.21. The van der Waals surface area contributed by atoms with Crippen LogP contribution in [0.25, 0.3) is 0 Å². The van der Waals surface area contributed by atoms with Gasteiger partial charge >= 0.3 is 5.97 Å². The van der Waals surface area contributed by atoms with Crippen molar-refractivity contribution in [3.63, 3.8) is 0 Å². The number of amides is 2. The summed E-state index contributed by atoms with van der Waals surface area (Å²) in [5.74, 6) is -3.94. The van der Waals surface area contributed by atoms with Crippen molar-refractivity contribution in [2.75, 3.05) is 6.61 Å². The van der Waals surface area contributed by atoms with Gasteiger partial charge in [0.1, 0.15) is 17.1 Å². The molecule has 0 bridgehead atoms. The van der Waals surface area contributed by atoms with Crippen molar-refractivity contribution in [3.8, 4) is 5.75 Å². The number of halogens is 1. The summed E-state index contributed by atoms with van der Waals surface area (Å²) in [4.78, 5) is 32.5. The third-order valence-electron chi connectivity index (χ3n) is 1.93. The van der Waals surface area contributed by atoms with Gasteiger partial charge in [0.05, 0.1) is 0 Å². The number of nitrogens with one attached hydrogen (secondary N) is 2. The molecule has 0 heterocycles. The zero-order chi connectivity index (χ0) is 14.4. The molecule has 1 aromatic rings. The predicted octanol–water partition coefficient (Wildman–Crippen LogP) is 0.0700. The van der Waals surface area contributed by atoms with Crippen molar-refractivity contribution in [2.45, 2.75) is 6.92 Å². The molecule has 0 atom stereocenters. The largest absolute Gasteiger partial charge is 0.483 e. The van der Waals surface area contributed by atoms with Gasteiger partial charge in [-0.3, -0.25) is 20.4 Å². The third kappa shape index (κ3) is 4.26. The van der Waals surface area contributed by atoms with Gasteiger partial charge in [-0.1, -0.05) is 6.07 Å². The maximum absolute atomic E-state index is 13.3. The Morgan fingerprint density at radius 1 is 1.32 bits per heavy atom. The molecule has 0 radical (unpaired) electrons. The number of carbonyl (C=O) groups excluding carboxylic acids is 2. The molecule has 1 rings (SSSR count). The molecular formula is C11H11FN2O5. The lowest BCUT2D eigenvalue weighted by Gasteiger charge is -2.09. The van der Waals surface area contributed by atoms with Gasteiger partial charge in [-0.15, -0.1) is 0 Å². The van der Waals surface area contributed by atoms with Crippen LogP contribution in [-0.4, -0.2) is 29.5 Å². The first-order valence-corrected chi connectivity index (χ1v) is 5.12. The van der Waals surface area contributed by atoms with Crippen LogP contribution >= 0.6 is 0 Å². The Labute approximate surface area is 107 Å². The minimum Gasteiger partial charge on any atom is -0.483 e. The highest BCUT2D eigenvalue weighted by molar-refractivity contribution is 5.91. The van der Waals surface area contributed by atoms with Gasteiger partial charge in [0.15, 0.2) is 6.61 Å². The first-order valence-electron chi connectivity index (χ1n) is 5.12. The molecule has 0 aliphatic rings. The topological polar surface area (TPSA) is 105 Å². The van der Waals surface area contributed by atoms with Crippen LogP contribution < -0.4 is 15.6 Å². The summed E-state index contributed by atoms with van der Waals surface area (Å²) in [7, 11) is 0. The molecule has 8 heteroatoms. The normalized spacial score (nSPS) is 9.58. The van der Waals surface area contributed by atoms with Crippen LogP contribution in [0.15, 0.2) is 18.2 Å². The summed E-state index contributed by atoms with van der Waals surface area (Å²) < 4.78 is 18.2. The molecule has 3 N–H and O–H groups in total. The van der Waals surface area contributed by atoms with Crippen molar-refractivity contribution >= 4 is 17.8 Å². The number of hydrogen-bond acceptors (Lipinski definition) is 4. The van der Waals surface area contributed by atoms with Crippen LogP contribution in [0.1, 0.15) is 17.3 Å². The van der Waals surface area contributed by atoms with Crippen molar-refractivity contribution in [1.29, 1.82) is 0 Å². The molecule has 1 aromatic carbocycles. The van der Waals surface area contributed by atoms with Crippen molar-refractivity contribution in [2.24, 2.45) is 0 Å². The lowest BCUT2D eigenvalue weighted by atomic mass is 10.2. The Bertz CT molecular complexity index is 518. The van der Waals surface area contributed by atoms with Gasteiger partial charge < -0.3 is 9.84 Å². The molecule has 0 aliphatic carbocycles. The summed E-state index contributed by atoms with van der Waals surface area (Å²) >= 11 is 0. The van der Waals surface area contributed by atoms with Crippen LogP contribution in [0.4, 0.5) is 4.39 Å². The van der Waals surface area contributed by atoms with Crippen LogP contribution in [-0.2, 0) is 9.59 Å². The fourth-order valence-electron chi connectivity index (χ4n) is 1.17. The molecule has 0 unspecified atom stereocenters. The number of carboxylic acids is 1. The minimum absolute atomic E-state index is 0.273. The molecule has 102 valence electrons. The molecule has 0 saturated heterocycles. The monoisotopic (exact) mass is 270 g/mol. The van der Waals surface area contributed by atoms with Gasteiger partial charge in [-0.2, -0.15) is 0 Å². The number of carboxylic acid groups (broad SMARTS) is 1. The van der Waals surface area contributed by atoms with Gasteiger partial charge in [0.25, 0.3) is 5.91 Å². The maximum atomic E-state index is 13.3. The SMILES string of the molecule is CC(=O)NNC(=O)COc1cccc(F)c1C(=O)O. The third-order valence-corrected chi connectivity index (χ3v) is 1.93. The van der Waals surface area contributed by atoms with Gasteiger partial charge in [0, 0.05) is 6.92 Å². The first-order chi connectivity index (χ1) is 8.91. The maximum Gasteiger partial charge on any atom is 0.342 e. The Morgan fingerprint density at radius 2 is 2.00 bits per heavy atom. The second-order valence-electron chi connectivity index (χ2n) is 3.44. The molecule has 0 aromatic heterocycles. The summed E-state index contributed by atoms with van der Waals surface area (Å²) in [5.41, 5.74) is 3.37. The fraction of sp³-hybridized carbons (Fsp3) is 0.182. The summed E-state index contributed by atoms with van der Waals surface area (Å²) in [6.07, 6.45) is 0. The quantitative estimate of drug-likeness (QED) is 0.671. The first kappa shape index (κ1) is 14.4. The van der Waals surface area contributed by atoms with E-state index in [4.69, 9.17) is 9.84 Å². The van der Waals surface area contributed by atoms with Gasteiger partial charge in [-0.25, -0.2) is 9.18 Å². The number of hydrazine groups is 1. The number of ether oxygens (including phenoxy) is 1. The highest BCUT2D eigenvalue weighted by Gasteiger charge is 2.17. The Balaban J connectivity index is 2.68. The molecule has 0 aliphatic heterocycles. The summed E-state index contributed by atoms with van der Waals surface area (Å²) in [5, 5.41) is 8.81. The second-order valence-corrected chi connectivity index (χ2v) is 3.44. The summed E-state index contributed by atoms with van der Waals surface area (Å²) in [6, 6.07) is 3.44. The van der Waals surface area contributed by atoms with E-state index >= 15 is 0 Å². The van der Waals surface area contributed by atoms with Crippen molar-refractivity contribution < 1.29 is 28.6 Å². The molecule has 7 nitrogen and oxygen atoms in total. The van der Waals surface area contributed by atoms with E-state index in [9.17, 15) is 18.8 Å². The van der Waals surface area contributed by atoms with Crippen LogP contribution in [0.2, 0.25) is 0 Å². The lowest BCUT2D eigenvalue weighted by molar-refractivity contribution is -0.129. The van der Waals surface area contributed by atoms with E-state index in [2.05, 4.69) is 0 Å². The van der Waals surface area contributed by atoms with Crippen molar-refractivity contribution in [3.05, 3.63) is 29.6 Å². The molecule has 0 spiro atoms. The van der Waals surface area contributed by atoms with Crippen LogP contribution in [0.5, 0.6) is 5.75 Å². The minimum atomic E-state index is -1.50. The van der Waals surface area contributed by atoms with Crippen LogP contribution in [0.3, 0.4) is 0 Å². The number of hydrogen-bond donors (Lipinski definition) is 3. The zero-order valence-electron chi connectivity index (χ0n) is 9.90. The number of aromatic carboxylic acids is 1. The van der Waals surface area contributed by atoms with E-state index in [0.29, 0.717) is 0 Å². The molecule has 2 amide bonds. The highest BCUT2D eigenvalue weighted by atomic mass is 19.1. The van der Waals surface area contributed by atoms with E-state index < -0.39 is 35.8 Å². The van der Waals surface area contributed by atoms with Crippen molar-refractivity contribution in [1.82, 2.24) is 10.9 Å². The van der Waals surface area contributed by atoms with E-state index in [1.807, 2.05) is 10.9 Å². The lowest BCUT2D eigenvalue weighted by Crippen LogP contribution is -2.42. The van der Waals surface area contributed by atoms with E-state index in [-0.39, 0.29) is 5.75 Å². The zero-order valence-corrected chi connectivity index (χ0v) is 9.90. The number of rotatable bonds is 4. The van der Waals surface area contributed by atoms with Gasteiger partial charge in [0.2, 0.25) is 5.91 Å². The Morgan fingerprint density at radius 3 is 2.58 bits per heavy atom. The summed E-state index contributed by atoms with van der Waals surface area (Å²) in [6.45, 7) is 0.625. The predicted molar refractivity (Wildman–Crippen MR) is 60.8 cm³/mol. The molecule has 0 fully saturated rings. The Kier molecular flexibility index (Phi) is 4.81. The van der Waals surface area contributed by atoms with E-state index in [1.54, 1.807) is 0 Å². The molecule has 19 heavy (non-hydrogen) atoms. The van der Waals surface area contributed by atoms with E-state index in [0.717, 1.165) is 6.07 Å².